The Morgan fingerprint density at radius 3 is 2.15 bits per heavy atom. The number of nitrogens with one attached hydrogen (secondary N) is 1. The van der Waals surface area contributed by atoms with E-state index in [0.29, 0.717) is 18.0 Å². The van der Waals surface area contributed by atoms with Crippen molar-refractivity contribution in [3.05, 3.63) is 82.8 Å². The Kier molecular flexibility index (Phi) is 10.8. The molecule has 0 aliphatic rings. The Morgan fingerprint density at radius 2 is 1.62 bits per heavy atom. The Morgan fingerprint density at radius 1 is 1.00 bits per heavy atom. The Hall–Kier alpha value is -3.02. The zero-order chi connectivity index (χ0) is 28.6. The Labute approximate surface area is 242 Å². The van der Waals surface area contributed by atoms with Crippen molar-refractivity contribution in [3.63, 3.8) is 0 Å². The number of rotatable bonds is 12. The third kappa shape index (κ3) is 7.77. The third-order valence-corrected chi connectivity index (χ3v) is 9.10. The van der Waals surface area contributed by atoms with E-state index in [0.717, 1.165) is 19.2 Å². The number of carbonyl (C=O) groups excluding carboxylic acids is 2. The van der Waals surface area contributed by atoms with Crippen LogP contribution in [-0.2, 0) is 26.2 Å². The molecule has 1 atom stereocenters. The Bertz CT molecular complexity index is 1370. The molecule has 0 heterocycles. The Balaban J connectivity index is 2.02. The van der Waals surface area contributed by atoms with E-state index in [1.165, 1.54) is 35.8 Å². The average molecular weight is 635 g/mol. The molecule has 208 valence electrons. The van der Waals surface area contributed by atoms with Crippen molar-refractivity contribution in [3.8, 4) is 5.75 Å². The highest BCUT2D eigenvalue weighted by molar-refractivity contribution is 9.10. The SMILES string of the molecule is CCOc1ccc(N(CC(=O)N(Cc2ccc(Br)cc2)[C@H](C)C(=O)NC)S(=O)(=O)c2ccc(SC)cc2)cc1. The van der Waals surface area contributed by atoms with Crippen LogP contribution >= 0.6 is 27.7 Å². The van der Waals surface area contributed by atoms with Crippen molar-refractivity contribution in [2.45, 2.75) is 36.2 Å². The predicted molar refractivity (Wildman–Crippen MR) is 159 cm³/mol. The van der Waals surface area contributed by atoms with Crippen molar-refractivity contribution < 1.29 is 22.7 Å². The van der Waals surface area contributed by atoms with E-state index in [4.69, 9.17) is 4.74 Å². The van der Waals surface area contributed by atoms with Gasteiger partial charge in [-0.1, -0.05) is 28.1 Å². The van der Waals surface area contributed by atoms with Crippen LogP contribution in [0.15, 0.2) is 87.1 Å². The van der Waals surface area contributed by atoms with Gasteiger partial charge in [-0.05, 0) is 86.3 Å². The number of thioether (sulfide) groups is 1. The van der Waals surface area contributed by atoms with Crippen molar-refractivity contribution >= 4 is 55.2 Å². The van der Waals surface area contributed by atoms with Crippen molar-refractivity contribution in [2.75, 3.05) is 30.8 Å². The number of amides is 2. The summed E-state index contributed by atoms with van der Waals surface area (Å²) in [4.78, 5) is 28.7. The highest BCUT2D eigenvalue weighted by Crippen LogP contribution is 2.28. The van der Waals surface area contributed by atoms with Gasteiger partial charge in [0.25, 0.3) is 10.0 Å². The molecule has 0 radical (unpaired) electrons. The molecule has 0 aromatic heterocycles. The smallest absolute Gasteiger partial charge is 0.264 e. The minimum atomic E-state index is -4.13. The first-order chi connectivity index (χ1) is 18.6. The normalized spacial score (nSPS) is 11.9. The quantitative estimate of drug-likeness (QED) is 0.284. The van der Waals surface area contributed by atoms with Crippen LogP contribution in [0.3, 0.4) is 0 Å². The molecule has 0 saturated heterocycles. The van der Waals surface area contributed by atoms with E-state index in [1.807, 2.05) is 37.4 Å². The van der Waals surface area contributed by atoms with E-state index in [-0.39, 0.29) is 17.3 Å². The van der Waals surface area contributed by atoms with Gasteiger partial charge in [-0.25, -0.2) is 8.42 Å². The number of sulfonamides is 1. The van der Waals surface area contributed by atoms with Crippen LogP contribution in [0.1, 0.15) is 19.4 Å². The molecule has 3 aromatic carbocycles. The molecule has 2 amide bonds. The van der Waals surface area contributed by atoms with E-state index in [1.54, 1.807) is 43.3 Å². The summed E-state index contributed by atoms with van der Waals surface area (Å²) in [5, 5.41) is 2.58. The fourth-order valence-electron chi connectivity index (χ4n) is 3.86. The van der Waals surface area contributed by atoms with Gasteiger partial charge >= 0.3 is 0 Å². The van der Waals surface area contributed by atoms with Crippen LogP contribution in [0.4, 0.5) is 5.69 Å². The highest BCUT2D eigenvalue weighted by Gasteiger charge is 2.32. The molecular weight excluding hydrogens is 602 g/mol. The van der Waals surface area contributed by atoms with Gasteiger partial charge in [-0.15, -0.1) is 11.8 Å². The summed E-state index contributed by atoms with van der Waals surface area (Å²) in [6.45, 7) is 3.56. The minimum Gasteiger partial charge on any atom is -0.494 e. The number of nitrogens with zero attached hydrogens (tertiary/aromatic N) is 2. The number of hydrogen-bond acceptors (Lipinski definition) is 6. The van der Waals surface area contributed by atoms with Gasteiger partial charge in [0.2, 0.25) is 11.8 Å². The largest absolute Gasteiger partial charge is 0.494 e. The summed E-state index contributed by atoms with van der Waals surface area (Å²) in [6.07, 6.45) is 1.90. The molecule has 0 aliphatic heterocycles. The molecule has 0 spiro atoms. The number of ether oxygens (including phenoxy) is 1. The second-order valence-corrected chi connectivity index (χ2v) is 12.2. The van der Waals surface area contributed by atoms with Crippen LogP contribution in [0.2, 0.25) is 0 Å². The van der Waals surface area contributed by atoms with E-state index in [2.05, 4.69) is 21.2 Å². The van der Waals surface area contributed by atoms with Gasteiger partial charge in [0.05, 0.1) is 17.2 Å². The molecular formula is C28H32BrN3O5S2. The predicted octanol–water partition coefficient (Wildman–Crippen LogP) is 4.93. The van der Waals surface area contributed by atoms with Crippen molar-refractivity contribution in [1.29, 1.82) is 0 Å². The van der Waals surface area contributed by atoms with Crippen LogP contribution < -0.4 is 14.4 Å². The first kappa shape index (κ1) is 30.5. The second-order valence-electron chi connectivity index (χ2n) is 8.55. The zero-order valence-electron chi connectivity index (χ0n) is 22.3. The first-order valence-electron chi connectivity index (χ1n) is 12.3. The lowest BCUT2D eigenvalue weighted by Crippen LogP contribution is -2.50. The molecule has 1 N–H and O–H groups in total. The number of anilines is 1. The van der Waals surface area contributed by atoms with Gasteiger partial charge in [0.15, 0.2) is 0 Å². The maximum Gasteiger partial charge on any atom is 0.264 e. The van der Waals surface area contributed by atoms with Gasteiger partial charge < -0.3 is 15.0 Å². The standard InChI is InChI=1S/C28H32BrN3O5S2/c1-5-37-24-12-10-23(11-13-24)32(39(35,36)26-16-14-25(38-4)15-17-26)19-27(33)31(20(2)28(34)30-3)18-21-6-8-22(29)9-7-21/h6-17,20H,5,18-19H2,1-4H3,(H,30,34)/t20-/m1/s1. The molecule has 0 unspecified atom stereocenters. The van der Waals surface area contributed by atoms with E-state index in [9.17, 15) is 18.0 Å². The lowest BCUT2D eigenvalue weighted by atomic mass is 10.1. The summed E-state index contributed by atoms with van der Waals surface area (Å²) < 4.78 is 35.2. The maximum absolute atomic E-state index is 13.9. The fraction of sp³-hybridized carbons (Fsp3) is 0.286. The number of carbonyl (C=O) groups is 2. The molecule has 11 heteroatoms. The number of likely N-dealkylation sites (N-methyl/N-ethyl adjacent to an activating group) is 1. The van der Waals surface area contributed by atoms with Crippen LogP contribution in [-0.4, -0.2) is 57.6 Å². The van der Waals surface area contributed by atoms with Crippen molar-refractivity contribution in [2.24, 2.45) is 0 Å². The molecule has 0 aliphatic carbocycles. The monoisotopic (exact) mass is 633 g/mol. The number of hydrogen-bond donors (Lipinski definition) is 1. The van der Waals surface area contributed by atoms with Gasteiger partial charge in [-0.2, -0.15) is 0 Å². The van der Waals surface area contributed by atoms with Crippen LogP contribution in [0, 0.1) is 0 Å². The second kappa shape index (κ2) is 13.9. The van der Waals surface area contributed by atoms with Gasteiger partial charge in [0, 0.05) is 23.0 Å². The molecule has 3 rings (SSSR count). The summed E-state index contributed by atoms with van der Waals surface area (Å²) in [7, 11) is -2.64. The lowest BCUT2D eigenvalue weighted by molar-refractivity contribution is -0.139. The third-order valence-electron chi connectivity index (χ3n) is 6.04. The summed E-state index contributed by atoms with van der Waals surface area (Å²) >= 11 is 4.90. The highest BCUT2D eigenvalue weighted by atomic mass is 79.9. The summed E-state index contributed by atoms with van der Waals surface area (Å²) in [5.41, 5.74) is 1.10. The zero-order valence-corrected chi connectivity index (χ0v) is 25.5. The van der Waals surface area contributed by atoms with E-state index >= 15 is 0 Å². The first-order valence-corrected chi connectivity index (χ1v) is 15.7. The minimum absolute atomic E-state index is 0.0563. The molecule has 0 fully saturated rings. The van der Waals surface area contributed by atoms with Gasteiger partial charge in [0.1, 0.15) is 18.3 Å². The van der Waals surface area contributed by atoms with Crippen molar-refractivity contribution in [1.82, 2.24) is 10.2 Å². The summed E-state index contributed by atoms with van der Waals surface area (Å²) in [5.74, 6) is -0.296. The molecule has 8 nitrogen and oxygen atoms in total. The molecule has 0 bridgehead atoms. The topological polar surface area (TPSA) is 96.0 Å². The molecule has 3 aromatic rings. The lowest BCUT2D eigenvalue weighted by Gasteiger charge is -2.31. The fourth-order valence-corrected chi connectivity index (χ4v) is 5.94. The molecule has 39 heavy (non-hydrogen) atoms. The van der Waals surface area contributed by atoms with Gasteiger partial charge in [-0.3, -0.25) is 13.9 Å². The number of halogens is 1. The number of benzene rings is 3. The molecule has 0 saturated carbocycles. The van der Waals surface area contributed by atoms with Crippen LogP contribution in [0.25, 0.3) is 0 Å². The maximum atomic E-state index is 13.9. The van der Waals surface area contributed by atoms with E-state index < -0.39 is 28.5 Å². The summed E-state index contributed by atoms with van der Waals surface area (Å²) in [6, 6.07) is 19.6. The average Bonchev–Trinajstić information content (AvgIpc) is 2.95. The van der Waals surface area contributed by atoms with Crippen LogP contribution in [0.5, 0.6) is 5.75 Å².